The molecule has 0 saturated carbocycles. The van der Waals surface area contributed by atoms with Crippen molar-refractivity contribution in [2.24, 2.45) is 0 Å². The number of fused-ring (bicyclic) bond motifs is 1. The maximum atomic E-state index is 13.1. The van der Waals surface area contributed by atoms with Crippen molar-refractivity contribution in [1.82, 2.24) is 4.98 Å². The number of nitrogens with zero attached hydrogens (tertiary/aromatic N) is 2. The van der Waals surface area contributed by atoms with Crippen molar-refractivity contribution < 1.29 is 4.79 Å². The predicted octanol–water partition coefficient (Wildman–Crippen LogP) is 5.98. The SMILES string of the molecule is Cc1csc(N(C(=O)C=Cc2cccc3ccccc23)c2ccccc2)n1. The van der Waals surface area contributed by atoms with Crippen LogP contribution in [0.3, 0.4) is 0 Å². The van der Waals surface area contributed by atoms with Crippen LogP contribution in [0.25, 0.3) is 16.8 Å². The minimum absolute atomic E-state index is 0.122. The number of carbonyl (C=O) groups excluding carboxylic acids is 1. The highest BCUT2D eigenvalue weighted by atomic mass is 32.1. The normalized spacial score (nSPS) is 11.1. The first-order valence-electron chi connectivity index (χ1n) is 8.69. The van der Waals surface area contributed by atoms with E-state index in [9.17, 15) is 4.79 Å². The quantitative estimate of drug-likeness (QED) is 0.414. The van der Waals surface area contributed by atoms with Gasteiger partial charge in [-0.15, -0.1) is 11.3 Å². The first-order chi connectivity index (χ1) is 13.2. The van der Waals surface area contributed by atoms with Gasteiger partial charge in [-0.3, -0.25) is 9.69 Å². The van der Waals surface area contributed by atoms with Crippen molar-refractivity contribution in [2.45, 2.75) is 6.92 Å². The summed E-state index contributed by atoms with van der Waals surface area (Å²) in [6.07, 6.45) is 3.49. The number of carbonyl (C=O) groups is 1. The number of benzene rings is 3. The first kappa shape index (κ1) is 17.2. The predicted molar refractivity (Wildman–Crippen MR) is 113 cm³/mol. The maximum absolute atomic E-state index is 13.1. The Kier molecular flexibility index (Phi) is 4.81. The molecule has 0 aliphatic carbocycles. The molecule has 0 unspecified atom stereocenters. The number of rotatable bonds is 4. The number of hydrogen-bond acceptors (Lipinski definition) is 3. The summed E-state index contributed by atoms with van der Waals surface area (Å²) in [4.78, 5) is 19.2. The fourth-order valence-electron chi connectivity index (χ4n) is 2.98. The Hall–Kier alpha value is -3.24. The largest absolute Gasteiger partial charge is 0.269 e. The summed E-state index contributed by atoms with van der Waals surface area (Å²) in [5.74, 6) is -0.122. The number of thiazole rings is 1. The lowest BCUT2D eigenvalue weighted by atomic mass is 10.0. The Labute approximate surface area is 162 Å². The van der Waals surface area contributed by atoms with E-state index >= 15 is 0 Å². The molecule has 4 rings (SSSR count). The Bertz CT molecular complexity index is 1110. The molecule has 27 heavy (non-hydrogen) atoms. The topological polar surface area (TPSA) is 33.2 Å². The molecular formula is C23H18N2OS. The van der Waals surface area contributed by atoms with E-state index in [1.165, 1.54) is 11.3 Å². The molecule has 0 aliphatic heterocycles. The molecule has 0 radical (unpaired) electrons. The lowest BCUT2D eigenvalue weighted by molar-refractivity contribution is -0.113. The molecule has 0 aliphatic rings. The first-order valence-corrected chi connectivity index (χ1v) is 9.57. The molecule has 1 aromatic heterocycles. The van der Waals surface area contributed by atoms with Crippen molar-refractivity contribution in [1.29, 1.82) is 0 Å². The third kappa shape index (κ3) is 3.66. The molecular weight excluding hydrogens is 352 g/mol. The third-order valence-electron chi connectivity index (χ3n) is 4.26. The number of para-hydroxylation sites is 1. The maximum Gasteiger partial charge on any atom is 0.257 e. The van der Waals surface area contributed by atoms with Crippen LogP contribution in [-0.2, 0) is 4.79 Å². The van der Waals surface area contributed by atoms with Crippen LogP contribution >= 0.6 is 11.3 Å². The van der Waals surface area contributed by atoms with Gasteiger partial charge >= 0.3 is 0 Å². The van der Waals surface area contributed by atoms with E-state index in [-0.39, 0.29) is 5.91 Å². The molecule has 0 bridgehead atoms. The van der Waals surface area contributed by atoms with E-state index in [1.54, 1.807) is 11.0 Å². The number of aromatic nitrogens is 1. The van der Waals surface area contributed by atoms with Crippen LogP contribution in [0.1, 0.15) is 11.3 Å². The smallest absolute Gasteiger partial charge is 0.257 e. The van der Waals surface area contributed by atoms with E-state index < -0.39 is 0 Å². The highest BCUT2D eigenvalue weighted by molar-refractivity contribution is 7.14. The summed E-state index contributed by atoms with van der Waals surface area (Å²) in [6, 6.07) is 23.9. The second-order valence-electron chi connectivity index (χ2n) is 6.18. The van der Waals surface area contributed by atoms with Crippen LogP contribution in [0.2, 0.25) is 0 Å². The number of hydrogen-bond donors (Lipinski definition) is 0. The monoisotopic (exact) mass is 370 g/mol. The second kappa shape index (κ2) is 7.56. The zero-order valence-electron chi connectivity index (χ0n) is 14.9. The second-order valence-corrected chi connectivity index (χ2v) is 7.02. The summed E-state index contributed by atoms with van der Waals surface area (Å²) < 4.78 is 0. The molecule has 132 valence electrons. The molecule has 0 fully saturated rings. The molecule has 0 spiro atoms. The van der Waals surface area contributed by atoms with Gasteiger partial charge < -0.3 is 0 Å². The van der Waals surface area contributed by atoms with Crippen LogP contribution in [0.15, 0.2) is 84.3 Å². The van der Waals surface area contributed by atoms with Gasteiger partial charge in [0.2, 0.25) is 0 Å². The number of anilines is 2. The molecule has 1 amide bonds. The van der Waals surface area contributed by atoms with Gasteiger partial charge in [0.05, 0.1) is 11.4 Å². The molecule has 0 atom stereocenters. The Morgan fingerprint density at radius 3 is 2.48 bits per heavy atom. The van der Waals surface area contributed by atoms with Crippen molar-refractivity contribution in [3.05, 3.63) is 95.5 Å². The van der Waals surface area contributed by atoms with Crippen molar-refractivity contribution >= 4 is 44.9 Å². The lowest BCUT2D eigenvalue weighted by Crippen LogP contribution is -2.23. The molecule has 1 heterocycles. The van der Waals surface area contributed by atoms with E-state index in [1.807, 2.05) is 73.0 Å². The van der Waals surface area contributed by atoms with Gasteiger partial charge in [-0.25, -0.2) is 4.98 Å². The standard InChI is InChI=1S/C23H18N2OS/c1-17-16-27-23(24-17)25(20-11-3-2-4-12-20)22(26)15-14-19-10-7-9-18-8-5-6-13-21(18)19/h2-16H,1H3. The summed E-state index contributed by atoms with van der Waals surface area (Å²) in [7, 11) is 0. The van der Waals surface area contributed by atoms with Crippen molar-refractivity contribution in [3.8, 4) is 0 Å². The van der Waals surface area contributed by atoms with Crippen LogP contribution in [0.4, 0.5) is 10.8 Å². The minimum Gasteiger partial charge on any atom is -0.269 e. The van der Waals surface area contributed by atoms with Crippen LogP contribution in [0, 0.1) is 6.92 Å². The zero-order valence-corrected chi connectivity index (χ0v) is 15.7. The summed E-state index contributed by atoms with van der Waals surface area (Å²) in [6.45, 7) is 1.93. The highest BCUT2D eigenvalue weighted by Crippen LogP contribution is 2.29. The average Bonchev–Trinajstić information content (AvgIpc) is 3.13. The van der Waals surface area contributed by atoms with Gasteiger partial charge in [0.25, 0.3) is 5.91 Å². The average molecular weight is 370 g/mol. The highest BCUT2D eigenvalue weighted by Gasteiger charge is 2.18. The van der Waals surface area contributed by atoms with Gasteiger partial charge in [-0.2, -0.15) is 0 Å². The van der Waals surface area contributed by atoms with Crippen LogP contribution in [-0.4, -0.2) is 10.9 Å². The van der Waals surface area contributed by atoms with E-state index in [4.69, 9.17) is 0 Å². The molecule has 4 heteroatoms. The Morgan fingerprint density at radius 2 is 1.70 bits per heavy atom. The molecule has 0 saturated heterocycles. The molecule has 3 aromatic carbocycles. The van der Waals surface area contributed by atoms with Crippen molar-refractivity contribution in [2.75, 3.05) is 4.90 Å². The summed E-state index contributed by atoms with van der Waals surface area (Å²) in [5.41, 5.74) is 2.73. The lowest BCUT2D eigenvalue weighted by Gasteiger charge is -2.18. The zero-order chi connectivity index (χ0) is 18.6. The van der Waals surface area contributed by atoms with Gasteiger partial charge in [0.1, 0.15) is 0 Å². The third-order valence-corrected chi connectivity index (χ3v) is 5.21. The van der Waals surface area contributed by atoms with Crippen LogP contribution < -0.4 is 4.90 Å². The van der Waals surface area contributed by atoms with E-state index in [0.29, 0.717) is 5.13 Å². The van der Waals surface area contributed by atoms with Gasteiger partial charge in [-0.05, 0) is 41.5 Å². The van der Waals surface area contributed by atoms with Gasteiger partial charge in [-0.1, -0.05) is 60.7 Å². The fraction of sp³-hybridized carbons (Fsp3) is 0.0435. The van der Waals surface area contributed by atoms with Crippen LogP contribution in [0.5, 0.6) is 0 Å². The van der Waals surface area contributed by atoms with E-state index in [0.717, 1.165) is 27.7 Å². The van der Waals surface area contributed by atoms with Crippen molar-refractivity contribution in [3.63, 3.8) is 0 Å². The molecule has 0 N–H and O–H groups in total. The summed E-state index contributed by atoms with van der Waals surface area (Å²) >= 11 is 1.47. The number of aryl methyl sites for hydroxylation is 1. The Morgan fingerprint density at radius 1 is 0.963 bits per heavy atom. The molecule has 3 nitrogen and oxygen atoms in total. The van der Waals surface area contributed by atoms with Gasteiger partial charge in [0, 0.05) is 11.5 Å². The minimum atomic E-state index is -0.122. The van der Waals surface area contributed by atoms with Gasteiger partial charge in [0.15, 0.2) is 5.13 Å². The van der Waals surface area contributed by atoms with E-state index in [2.05, 4.69) is 23.2 Å². The molecule has 4 aromatic rings. The fourth-order valence-corrected chi connectivity index (χ4v) is 3.81. The Balaban J connectivity index is 1.70. The number of amides is 1. The summed E-state index contributed by atoms with van der Waals surface area (Å²) in [5, 5.41) is 4.90.